The number of nitrogens with one attached hydrogen (secondary N) is 2. The lowest BCUT2D eigenvalue weighted by molar-refractivity contribution is -0.286. The number of esters is 1. The summed E-state index contributed by atoms with van der Waals surface area (Å²) in [4.78, 5) is 34.4. The van der Waals surface area contributed by atoms with E-state index in [2.05, 4.69) is 25.3 Å². The molecule has 0 unspecified atom stereocenters. The van der Waals surface area contributed by atoms with Crippen LogP contribution in [0.2, 0.25) is 0 Å². The highest BCUT2D eigenvalue weighted by atomic mass is 19.3. The minimum atomic E-state index is -3.75. The van der Waals surface area contributed by atoms with Gasteiger partial charge in [0.2, 0.25) is 5.91 Å². The molecule has 0 bridgehead atoms. The highest BCUT2D eigenvalue weighted by molar-refractivity contribution is 6.37. The molecule has 1 aromatic carbocycles. The van der Waals surface area contributed by atoms with Crippen molar-refractivity contribution >= 4 is 29.2 Å². The Balaban J connectivity index is 1.52. The maximum Gasteiger partial charge on any atom is 0.586 e. The van der Waals surface area contributed by atoms with Gasteiger partial charge in [-0.25, -0.2) is 10.2 Å². The first kappa shape index (κ1) is 16.6. The zero-order valence-corrected chi connectivity index (χ0v) is 12.5. The van der Waals surface area contributed by atoms with Crippen molar-refractivity contribution in [2.75, 3.05) is 11.9 Å². The Morgan fingerprint density at radius 3 is 2.76 bits per heavy atom. The fourth-order valence-corrected chi connectivity index (χ4v) is 2.06. The fraction of sp³-hybridized carbons (Fsp3) is 0.286. The summed E-state index contributed by atoms with van der Waals surface area (Å²) in [6.07, 6.45) is -3.54. The van der Waals surface area contributed by atoms with E-state index in [-0.39, 0.29) is 41.6 Å². The molecule has 2 amide bonds. The van der Waals surface area contributed by atoms with E-state index in [4.69, 9.17) is 4.74 Å². The Bertz CT molecular complexity index is 780. The minimum Gasteiger partial charge on any atom is -0.451 e. The summed E-state index contributed by atoms with van der Waals surface area (Å²) >= 11 is 0. The Morgan fingerprint density at radius 2 is 2.04 bits per heavy atom. The molecule has 0 aliphatic carbocycles. The van der Waals surface area contributed by atoms with Crippen molar-refractivity contribution in [1.82, 2.24) is 5.43 Å². The van der Waals surface area contributed by atoms with Crippen molar-refractivity contribution in [2.45, 2.75) is 19.1 Å². The van der Waals surface area contributed by atoms with E-state index in [1.165, 1.54) is 12.1 Å². The lowest BCUT2D eigenvalue weighted by atomic mass is 10.2. The predicted octanol–water partition coefficient (Wildman–Crippen LogP) is 0.756. The first-order chi connectivity index (χ1) is 11.8. The molecule has 132 valence electrons. The van der Waals surface area contributed by atoms with E-state index in [1.54, 1.807) is 0 Å². The molecule has 0 aromatic heterocycles. The summed E-state index contributed by atoms with van der Waals surface area (Å²) in [5, 5.41) is 5.89. The van der Waals surface area contributed by atoms with Crippen LogP contribution in [0.3, 0.4) is 0 Å². The number of carbonyl (C=O) groups is 3. The van der Waals surface area contributed by atoms with E-state index >= 15 is 0 Å². The van der Waals surface area contributed by atoms with Gasteiger partial charge in [-0.05, 0) is 12.1 Å². The van der Waals surface area contributed by atoms with Crippen LogP contribution in [0, 0.1) is 0 Å². The molecular weight excluding hydrogens is 344 g/mol. The number of halogens is 2. The normalized spacial score (nSPS) is 17.4. The van der Waals surface area contributed by atoms with Gasteiger partial charge in [-0.15, -0.1) is 8.78 Å². The summed E-state index contributed by atoms with van der Waals surface area (Å²) < 4.78 is 39.1. The molecule has 0 fully saturated rings. The topological polar surface area (TPSA) is 115 Å². The number of ether oxygens (including phenoxy) is 3. The monoisotopic (exact) mass is 355 g/mol. The third-order valence-electron chi connectivity index (χ3n) is 3.16. The van der Waals surface area contributed by atoms with Gasteiger partial charge in [0.05, 0.1) is 0 Å². The number of carbonyl (C=O) groups excluding carboxylic acids is 3. The fourth-order valence-electron chi connectivity index (χ4n) is 2.06. The van der Waals surface area contributed by atoms with Crippen LogP contribution in [-0.4, -0.2) is 36.4 Å². The standard InChI is InChI=1S/C14H11F2N3O6/c15-14(16)24-9-3-1-7(5-10(9)25-14)17-12(21)6-23-13(22)8-2-4-11(20)19-18-8/h1,3,5H,2,4,6H2,(H,17,21)(H,19,20). The number of nitrogens with zero attached hydrogens (tertiary/aromatic N) is 1. The van der Waals surface area contributed by atoms with E-state index in [1.807, 2.05) is 0 Å². The molecule has 0 saturated heterocycles. The molecule has 9 nitrogen and oxygen atoms in total. The van der Waals surface area contributed by atoms with Gasteiger partial charge in [-0.1, -0.05) is 0 Å². The van der Waals surface area contributed by atoms with Crippen LogP contribution in [0.5, 0.6) is 11.5 Å². The minimum absolute atomic E-state index is 0.00212. The maximum atomic E-state index is 12.9. The number of fused-ring (bicyclic) bond motifs is 1. The smallest absolute Gasteiger partial charge is 0.451 e. The van der Waals surface area contributed by atoms with Crippen LogP contribution in [0.25, 0.3) is 0 Å². The number of alkyl halides is 2. The zero-order valence-electron chi connectivity index (χ0n) is 12.5. The summed E-state index contributed by atoms with van der Waals surface area (Å²) in [5.41, 5.74) is 2.29. The first-order valence-corrected chi connectivity index (χ1v) is 7.05. The number of hydrogen-bond acceptors (Lipinski definition) is 7. The van der Waals surface area contributed by atoms with Gasteiger partial charge in [0.1, 0.15) is 5.71 Å². The Labute approximate surface area is 138 Å². The maximum absolute atomic E-state index is 12.9. The van der Waals surface area contributed by atoms with Crippen LogP contribution in [0.1, 0.15) is 12.8 Å². The number of anilines is 1. The van der Waals surface area contributed by atoms with Crippen molar-refractivity contribution in [1.29, 1.82) is 0 Å². The molecular formula is C14H11F2N3O6. The van der Waals surface area contributed by atoms with E-state index < -0.39 is 24.8 Å². The Hall–Kier alpha value is -3.24. The van der Waals surface area contributed by atoms with Crippen molar-refractivity contribution in [3.8, 4) is 11.5 Å². The van der Waals surface area contributed by atoms with Crippen LogP contribution < -0.4 is 20.2 Å². The number of amides is 2. The average Bonchev–Trinajstić information content (AvgIpc) is 2.86. The molecule has 2 N–H and O–H groups in total. The second-order valence-electron chi connectivity index (χ2n) is 5.05. The lowest BCUT2D eigenvalue weighted by Crippen LogP contribution is -2.32. The molecule has 0 atom stereocenters. The number of hydrazone groups is 1. The molecule has 11 heteroatoms. The summed E-state index contributed by atoms with van der Waals surface area (Å²) in [6, 6.07) is 3.68. The molecule has 0 spiro atoms. The van der Waals surface area contributed by atoms with Gasteiger partial charge in [-0.2, -0.15) is 5.10 Å². The second-order valence-corrected chi connectivity index (χ2v) is 5.05. The van der Waals surface area contributed by atoms with E-state index in [0.29, 0.717) is 0 Å². The van der Waals surface area contributed by atoms with Crippen LogP contribution in [-0.2, 0) is 19.1 Å². The predicted molar refractivity (Wildman–Crippen MR) is 77.0 cm³/mol. The molecule has 2 aliphatic heterocycles. The Morgan fingerprint density at radius 1 is 1.28 bits per heavy atom. The highest BCUT2D eigenvalue weighted by Crippen LogP contribution is 2.42. The molecule has 3 rings (SSSR count). The van der Waals surface area contributed by atoms with Gasteiger partial charge in [0, 0.05) is 24.6 Å². The van der Waals surface area contributed by atoms with E-state index in [0.717, 1.165) is 6.07 Å². The summed E-state index contributed by atoms with van der Waals surface area (Å²) in [5.74, 6) is -2.23. The molecule has 0 saturated carbocycles. The third kappa shape index (κ3) is 4.00. The zero-order chi connectivity index (χ0) is 18.0. The second kappa shape index (κ2) is 6.34. The summed E-state index contributed by atoms with van der Waals surface area (Å²) in [7, 11) is 0. The quantitative estimate of drug-likeness (QED) is 0.771. The number of benzene rings is 1. The lowest BCUT2D eigenvalue weighted by Gasteiger charge is -2.11. The molecule has 25 heavy (non-hydrogen) atoms. The Kier molecular flexibility index (Phi) is 4.21. The van der Waals surface area contributed by atoms with Gasteiger partial charge in [0.25, 0.3) is 5.91 Å². The van der Waals surface area contributed by atoms with Crippen LogP contribution >= 0.6 is 0 Å². The molecule has 1 aromatic rings. The SMILES string of the molecule is O=C1CCC(C(=O)OCC(=O)Nc2ccc3c(c2)OC(F)(F)O3)=NN1. The van der Waals surface area contributed by atoms with Crippen LogP contribution in [0.4, 0.5) is 14.5 Å². The van der Waals surface area contributed by atoms with Crippen molar-refractivity contribution in [3.63, 3.8) is 0 Å². The van der Waals surface area contributed by atoms with E-state index in [9.17, 15) is 23.2 Å². The van der Waals surface area contributed by atoms with Crippen molar-refractivity contribution in [2.24, 2.45) is 5.10 Å². The van der Waals surface area contributed by atoms with Gasteiger partial charge in [-0.3, -0.25) is 9.59 Å². The highest BCUT2D eigenvalue weighted by Gasteiger charge is 2.43. The molecule has 2 heterocycles. The van der Waals surface area contributed by atoms with Crippen LogP contribution in [0.15, 0.2) is 23.3 Å². The van der Waals surface area contributed by atoms with Crippen molar-refractivity contribution in [3.05, 3.63) is 18.2 Å². The number of rotatable bonds is 4. The third-order valence-corrected chi connectivity index (χ3v) is 3.16. The molecule has 0 radical (unpaired) electrons. The number of hydrogen-bond donors (Lipinski definition) is 2. The average molecular weight is 355 g/mol. The largest absolute Gasteiger partial charge is 0.586 e. The van der Waals surface area contributed by atoms with Gasteiger partial charge >= 0.3 is 12.3 Å². The van der Waals surface area contributed by atoms with Gasteiger partial charge < -0.3 is 19.5 Å². The van der Waals surface area contributed by atoms with Crippen molar-refractivity contribution < 1.29 is 37.4 Å². The van der Waals surface area contributed by atoms with Gasteiger partial charge in [0.15, 0.2) is 18.1 Å². The summed E-state index contributed by atoms with van der Waals surface area (Å²) in [6.45, 7) is -0.615. The molecule has 2 aliphatic rings. The first-order valence-electron chi connectivity index (χ1n) is 7.05.